The first-order valence-corrected chi connectivity index (χ1v) is 6.55. The van der Waals surface area contributed by atoms with Gasteiger partial charge in [-0.25, -0.2) is 9.78 Å². The molecular formula is C14H15N3O3. The third kappa shape index (κ3) is 2.03. The summed E-state index contributed by atoms with van der Waals surface area (Å²) in [6.07, 6.45) is 4.71. The lowest BCUT2D eigenvalue weighted by molar-refractivity contribution is -0.141. The van der Waals surface area contributed by atoms with Crippen LogP contribution in [0.2, 0.25) is 0 Å². The molecule has 1 N–H and O–H groups in total. The first kappa shape index (κ1) is 12.7. The van der Waals surface area contributed by atoms with Gasteiger partial charge in [0.2, 0.25) is 0 Å². The Bertz CT molecular complexity index is 692. The molecule has 0 aromatic carbocycles. The van der Waals surface area contributed by atoms with Crippen molar-refractivity contribution in [3.63, 3.8) is 0 Å². The molecule has 1 fully saturated rings. The molecule has 3 rings (SSSR count). The van der Waals surface area contributed by atoms with Gasteiger partial charge in [0.1, 0.15) is 17.4 Å². The number of aromatic nitrogens is 2. The standard InChI is InChI=1S/C14H15N3O3/c1-9-4-6-16-8-10(15-12(16)7-9)13(18)17-5-2-3-11(17)14(19)20/h4,6-8,11H,2-3,5H2,1H3,(H,19,20)/t11-/m1/s1. The van der Waals surface area contributed by atoms with Gasteiger partial charge >= 0.3 is 5.97 Å². The lowest BCUT2D eigenvalue weighted by Gasteiger charge is -2.19. The van der Waals surface area contributed by atoms with Crippen LogP contribution in [0.1, 0.15) is 28.9 Å². The summed E-state index contributed by atoms with van der Waals surface area (Å²) in [6.45, 7) is 2.43. The maximum Gasteiger partial charge on any atom is 0.326 e. The zero-order chi connectivity index (χ0) is 14.3. The largest absolute Gasteiger partial charge is 0.480 e. The molecule has 6 nitrogen and oxygen atoms in total. The number of imidazole rings is 1. The van der Waals surface area contributed by atoms with Crippen LogP contribution in [0.25, 0.3) is 5.65 Å². The molecule has 0 unspecified atom stereocenters. The number of aliphatic carboxylic acids is 1. The maximum atomic E-state index is 12.4. The monoisotopic (exact) mass is 273 g/mol. The Kier molecular flexibility index (Phi) is 2.93. The first-order valence-electron chi connectivity index (χ1n) is 6.55. The Hall–Kier alpha value is -2.37. The number of carboxylic acid groups (broad SMARTS) is 1. The molecule has 6 heteroatoms. The number of nitrogens with zero attached hydrogens (tertiary/aromatic N) is 3. The summed E-state index contributed by atoms with van der Waals surface area (Å²) in [4.78, 5) is 29.2. The van der Waals surface area contributed by atoms with E-state index in [2.05, 4.69) is 4.98 Å². The highest BCUT2D eigenvalue weighted by atomic mass is 16.4. The topological polar surface area (TPSA) is 74.9 Å². The van der Waals surface area contributed by atoms with E-state index < -0.39 is 12.0 Å². The summed E-state index contributed by atoms with van der Waals surface area (Å²) in [5, 5.41) is 9.14. The number of aryl methyl sites for hydroxylation is 1. The van der Waals surface area contributed by atoms with Crippen LogP contribution in [0.15, 0.2) is 24.5 Å². The number of hydrogen-bond donors (Lipinski definition) is 1. The zero-order valence-electron chi connectivity index (χ0n) is 11.1. The summed E-state index contributed by atoms with van der Waals surface area (Å²) >= 11 is 0. The highest BCUT2D eigenvalue weighted by molar-refractivity contribution is 5.95. The van der Waals surface area contributed by atoms with Gasteiger partial charge in [-0.1, -0.05) is 0 Å². The quantitative estimate of drug-likeness (QED) is 0.895. The molecule has 1 saturated heterocycles. The second-order valence-electron chi connectivity index (χ2n) is 5.09. The van der Waals surface area contributed by atoms with Crippen molar-refractivity contribution in [2.45, 2.75) is 25.8 Å². The zero-order valence-corrected chi connectivity index (χ0v) is 11.1. The van der Waals surface area contributed by atoms with Gasteiger partial charge in [-0.15, -0.1) is 0 Å². The molecule has 104 valence electrons. The molecule has 0 radical (unpaired) electrons. The Balaban J connectivity index is 1.94. The molecule has 2 aromatic rings. The number of pyridine rings is 1. The van der Waals surface area contributed by atoms with Crippen LogP contribution >= 0.6 is 0 Å². The van der Waals surface area contributed by atoms with E-state index in [-0.39, 0.29) is 5.91 Å². The molecule has 20 heavy (non-hydrogen) atoms. The molecule has 0 aliphatic carbocycles. The summed E-state index contributed by atoms with van der Waals surface area (Å²) < 4.78 is 1.77. The van der Waals surface area contributed by atoms with Crippen LogP contribution in [0, 0.1) is 6.92 Å². The van der Waals surface area contributed by atoms with Gasteiger partial charge in [-0.2, -0.15) is 0 Å². The van der Waals surface area contributed by atoms with Crippen molar-refractivity contribution in [2.75, 3.05) is 6.54 Å². The van der Waals surface area contributed by atoms with Crippen molar-refractivity contribution in [3.05, 3.63) is 35.8 Å². The SMILES string of the molecule is Cc1ccn2cc(C(=O)N3CCC[C@@H]3C(=O)O)nc2c1. The highest BCUT2D eigenvalue weighted by Gasteiger charge is 2.35. The molecule has 1 aliphatic rings. The van der Waals surface area contributed by atoms with Crippen LogP contribution in [-0.4, -0.2) is 43.9 Å². The van der Waals surface area contributed by atoms with Gasteiger partial charge in [0.25, 0.3) is 5.91 Å². The Morgan fingerprint density at radius 2 is 2.25 bits per heavy atom. The Morgan fingerprint density at radius 3 is 3.00 bits per heavy atom. The summed E-state index contributed by atoms with van der Waals surface area (Å²) in [7, 11) is 0. The van der Waals surface area contributed by atoms with Crippen molar-refractivity contribution in [2.24, 2.45) is 0 Å². The van der Waals surface area contributed by atoms with Crippen molar-refractivity contribution in [1.82, 2.24) is 14.3 Å². The number of carboxylic acids is 1. The number of amides is 1. The predicted molar refractivity (Wildman–Crippen MR) is 71.6 cm³/mol. The predicted octanol–water partition coefficient (Wildman–Crippen LogP) is 1.33. The van der Waals surface area contributed by atoms with Crippen molar-refractivity contribution >= 4 is 17.5 Å². The fourth-order valence-electron chi connectivity index (χ4n) is 2.60. The second-order valence-corrected chi connectivity index (χ2v) is 5.09. The van der Waals surface area contributed by atoms with Gasteiger partial charge in [0.15, 0.2) is 0 Å². The average Bonchev–Trinajstić information content (AvgIpc) is 3.03. The van der Waals surface area contributed by atoms with Crippen LogP contribution in [0.3, 0.4) is 0 Å². The number of carbonyl (C=O) groups excluding carboxylic acids is 1. The van der Waals surface area contributed by atoms with Gasteiger partial charge in [0, 0.05) is 18.9 Å². The van der Waals surface area contributed by atoms with Crippen LogP contribution in [0.4, 0.5) is 0 Å². The molecule has 1 amide bonds. The highest BCUT2D eigenvalue weighted by Crippen LogP contribution is 2.20. The second kappa shape index (κ2) is 4.63. The van der Waals surface area contributed by atoms with Gasteiger partial charge in [-0.05, 0) is 37.5 Å². The van der Waals surface area contributed by atoms with Crippen molar-refractivity contribution in [1.29, 1.82) is 0 Å². The van der Waals surface area contributed by atoms with Crippen LogP contribution < -0.4 is 0 Å². The van der Waals surface area contributed by atoms with E-state index in [4.69, 9.17) is 5.11 Å². The first-order chi connectivity index (χ1) is 9.56. The number of hydrogen-bond acceptors (Lipinski definition) is 3. The van der Waals surface area contributed by atoms with E-state index in [1.165, 1.54) is 4.90 Å². The van der Waals surface area contributed by atoms with E-state index in [9.17, 15) is 9.59 Å². The van der Waals surface area contributed by atoms with Gasteiger partial charge < -0.3 is 14.4 Å². The number of fused-ring (bicyclic) bond motifs is 1. The van der Waals surface area contributed by atoms with Gasteiger partial charge in [-0.3, -0.25) is 4.79 Å². The van der Waals surface area contributed by atoms with E-state index in [1.807, 2.05) is 25.3 Å². The van der Waals surface area contributed by atoms with Crippen LogP contribution in [0.5, 0.6) is 0 Å². The molecule has 1 atom stereocenters. The Labute approximate surface area is 115 Å². The molecule has 0 saturated carbocycles. The fraction of sp³-hybridized carbons (Fsp3) is 0.357. The number of likely N-dealkylation sites (tertiary alicyclic amines) is 1. The minimum Gasteiger partial charge on any atom is -0.480 e. The van der Waals surface area contributed by atoms with Crippen LogP contribution in [-0.2, 0) is 4.79 Å². The number of carbonyl (C=O) groups is 2. The summed E-state index contributed by atoms with van der Waals surface area (Å²) in [6, 6.07) is 3.09. The average molecular weight is 273 g/mol. The van der Waals surface area contributed by atoms with E-state index in [1.54, 1.807) is 10.6 Å². The molecule has 0 bridgehead atoms. The third-order valence-electron chi connectivity index (χ3n) is 3.63. The number of rotatable bonds is 2. The van der Waals surface area contributed by atoms with Gasteiger partial charge in [0.05, 0.1) is 0 Å². The summed E-state index contributed by atoms with van der Waals surface area (Å²) in [5.74, 6) is -1.26. The molecule has 3 heterocycles. The van der Waals surface area contributed by atoms with E-state index >= 15 is 0 Å². The lowest BCUT2D eigenvalue weighted by atomic mass is 10.2. The molecule has 2 aromatic heterocycles. The third-order valence-corrected chi connectivity index (χ3v) is 3.63. The normalized spacial score (nSPS) is 18.6. The fourth-order valence-corrected chi connectivity index (χ4v) is 2.60. The Morgan fingerprint density at radius 1 is 1.45 bits per heavy atom. The van der Waals surface area contributed by atoms with E-state index in [0.717, 1.165) is 12.0 Å². The maximum absolute atomic E-state index is 12.4. The molecule has 0 spiro atoms. The van der Waals surface area contributed by atoms with Crippen molar-refractivity contribution < 1.29 is 14.7 Å². The summed E-state index contributed by atoms with van der Waals surface area (Å²) in [5.41, 5.74) is 2.05. The smallest absolute Gasteiger partial charge is 0.326 e. The molecular weight excluding hydrogens is 258 g/mol. The minimum atomic E-state index is -0.949. The minimum absolute atomic E-state index is 0.295. The van der Waals surface area contributed by atoms with E-state index in [0.29, 0.717) is 24.3 Å². The lowest BCUT2D eigenvalue weighted by Crippen LogP contribution is -2.40. The van der Waals surface area contributed by atoms with Crippen molar-refractivity contribution in [3.8, 4) is 0 Å². The molecule has 1 aliphatic heterocycles.